The minimum atomic E-state index is -1.44. The molecule has 0 aromatic heterocycles. The van der Waals surface area contributed by atoms with Crippen LogP contribution in [0.15, 0.2) is 24.3 Å². The average Bonchev–Trinajstić information content (AvgIpc) is 3.22. The number of carbonyl (C=O) groups excluding carboxylic acids is 3. The summed E-state index contributed by atoms with van der Waals surface area (Å²) in [5.74, 6) is -0.640. The van der Waals surface area contributed by atoms with E-state index < -0.39 is 17.3 Å². The summed E-state index contributed by atoms with van der Waals surface area (Å²) >= 11 is 0. The number of carbonyl (C=O) groups is 3. The van der Waals surface area contributed by atoms with Gasteiger partial charge in [0.15, 0.2) is 0 Å². The van der Waals surface area contributed by atoms with Gasteiger partial charge in [-0.2, -0.15) is 0 Å². The summed E-state index contributed by atoms with van der Waals surface area (Å²) in [5, 5.41) is 0.861. The first-order chi connectivity index (χ1) is 18.1. The van der Waals surface area contributed by atoms with Crippen molar-refractivity contribution < 1.29 is 23.9 Å². The Bertz CT molecular complexity index is 1310. The number of ether oxygens (including phenoxy) is 2. The van der Waals surface area contributed by atoms with Crippen molar-refractivity contribution in [2.45, 2.75) is 37.4 Å². The third-order valence-electron chi connectivity index (χ3n) is 7.38. The average molecular weight is 499 g/mol. The van der Waals surface area contributed by atoms with Crippen LogP contribution in [-0.4, -0.2) is 99.1 Å². The summed E-state index contributed by atoms with van der Waals surface area (Å²) in [7, 11) is 32.1. The smallest absolute Gasteiger partial charge is 0.255 e. The highest BCUT2D eigenvalue weighted by atomic mass is 16.5. The Labute approximate surface area is 228 Å². The quantitative estimate of drug-likeness (QED) is 0.342. The van der Waals surface area contributed by atoms with Gasteiger partial charge in [0.25, 0.3) is 5.91 Å². The van der Waals surface area contributed by atoms with Gasteiger partial charge in [-0.05, 0) is 29.5 Å². The molecular formula is C25H22B5N3O5. The van der Waals surface area contributed by atoms with Gasteiger partial charge in [0, 0.05) is 30.6 Å². The third-order valence-corrected chi connectivity index (χ3v) is 7.38. The van der Waals surface area contributed by atoms with Crippen molar-refractivity contribution in [3.8, 4) is 5.75 Å². The molecule has 3 aliphatic heterocycles. The van der Waals surface area contributed by atoms with E-state index in [2.05, 4.69) is 5.32 Å². The van der Waals surface area contributed by atoms with Crippen molar-refractivity contribution in [3.63, 3.8) is 0 Å². The van der Waals surface area contributed by atoms with Gasteiger partial charge in [-0.25, -0.2) is 0 Å². The topological polar surface area (TPSA) is 88.2 Å². The second-order valence-electron chi connectivity index (χ2n) is 9.72. The van der Waals surface area contributed by atoms with Gasteiger partial charge in [0.2, 0.25) is 11.8 Å². The summed E-state index contributed by atoms with van der Waals surface area (Å²) in [6.45, 7) is 2.21. The van der Waals surface area contributed by atoms with Crippen molar-refractivity contribution in [2.75, 3.05) is 26.3 Å². The van der Waals surface area contributed by atoms with Crippen LogP contribution in [-0.2, 0) is 32.8 Å². The molecule has 182 valence electrons. The fourth-order valence-electron chi connectivity index (χ4n) is 5.31. The van der Waals surface area contributed by atoms with Crippen molar-refractivity contribution >= 4 is 73.3 Å². The van der Waals surface area contributed by atoms with E-state index in [1.54, 1.807) is 24.3 Å². The third kappa shape index (κ3) is 4.71. The second kappa shape index (κ2) is 10.3. The van der Waals surface area contributed by atoms with Crippen LogP contribution in [0.4, 0.5) is 0 Å². The van der Waals surface area contributed by atoms with Crippen LogP contribution in [0.1, 0.15) is 39.9 Å². The molecule has 13 heteroatoms. The Kier molecular flexibility index (Phi) is 7.26. The lowest BCUT2D eigenvalue weighted by Crippen LogP contribution is -2.58. The summed E-state index contributed by atoms with van der Waals surface area (Å²) in [6, 6.07) is 6.04. The molecule has 0 saturated carbocycles. The van der Waals surface area contributed by atoms with E-state index in [4.69, 9.17) is 48.7 Å². The predicted octanol–water partition coefficient (Wildman–Crippen LogP) is -2.81. The first-order valence-electron chi connectivity index (χ1n) is 12.4. The fraction of sp³-hybridized carbons (Fsp3) is 0.400. The van der Waals surface area contributed by atoms with Crippen LogP contribution in [0, 0.1) is 0 Å². The van der Waals surface area contributed by atoms with E-state index >= 15 is 0 Å². The molecule has 2 aromatic rings. The number of rotatable bonds is 6. The van der Waals surface area contributed by atoms with E-state index in [0.29, 0.717) is 54.3 Å². The van der Waals surface area contributed by atoms with Crippen LogP contribution in [0.2, 0.25) is 0 Å². The number of amides is 3. The fourth-order valence-corrected chi connectivity index (χ4v) is 5.31. The lowest BCUT2D eigenvalue weighted by molar-refractivity contribution is -0.136. The van der Waals surface area contributed by atoms with E-state index in [1.165, 1.54) is 4.90 Å². The van der Waals surface area contributed by atoms with Crippen LogP contribution in [0.5, 0.6) is 5.75 Å². The molecule has 0 spiro atoms. The molecule has 1 atom stereocenters. The van der Waals surface area contributed by atoms with Gasteiger partial charge in [0.1, 0.15) is 41.9 Å². The maximum absolute atomic E-state index is 13.1. The normalized spacial score (nSPS) is 20.4. The van der Waals surface area contributed by atoms with E-state index in [-0.39, 0.29) is 54.2 Å². The SMILES string of the molecule is [B]c1cc(COc2cccc3c2CN(C2CCC(=O)NC2=O)C3=O)c([B])c([B])c1C([B])([B])N1CCOCC1. The highest BCUT2D eigenvalue weighted by Crippen LogP contribution is 2.34. The number of nitrogens with one attached hydrogen (secondary N) is 1. The van der Waals surface area contributed by atoms with E-state index in [0.717, 1.165) is 0 Å². The molecule has 0 bridgehead atoms. The molecule has 38 heavy (non-hydrogen) atoms. The van der Waals surface area contributed by atoms with Gasteiger partial charge < -0.3 is 19.3 Å². The molecular weight excluding hydrogens is 476 g/mol. The molecule has 2 aromatic carbocycles. The van der Waals surface area contributed by atoms with Crippen LogP contribution < -0.4 is 26.4 Å². The van der Waals surface area contributed by atoms with Crippen LogP contribution >= 0.6 is 0 Å². The summed E-state index contributed by atoms with van der Waals surface area (Å²) in [6.07, 6.45) is 0.451. The van der Waals surface area contributed by atoms with E-state index in [9.17, 15) is 14.4 Å². The predicted molar refractivity (Wildman–Crippen MR) is 145 cm³/mol. The molecule has 3 amide bonds. The number of fused-ring (bicyclic) bond motifs is 1. The Morgan fingerprint density at radius 2 is 1.82 bits per heavy atom. The van der Waals surface area contributed by atoms with Gasteiger partial charge in [0.05, 0.1) is 35.5 Å². The molecule has 8 nitrogen and oxygen atoms in total. The molecule has 1 unspecified atom stereocenters. The maximum atomic E-state index is 13.1. The lowest BCUT2D eigenvalue weighted by Gasteiger charge is -2.45. The van der Waals surface area contributed by atoms with Crippen molar-refractivity contribution in [1.29, 1.82) is 0 Å². The number of hydrogen-bond donors (Lipinski definition) is 1. The number of imide groups is 1. The number of benzene rings is 2. The molecule has 2 fully saturated rings. The van der Waals surface area contributed by atoms with E-state index in [1.807, 2.05) is 4.90 Å². The van der Waals surface area contributed by atoms with Crippen molar-refractivity contribution in [3.05, 3.63) is 46.5 Å². The van der Waals surface area contributed by atoms with Gasteiger partial charge >= 0.3 is 0 Å². The minimum absolute atomic E-state index is 0.0171. The zero-order valence-electron chi connectivity index (χ0n) is 20.9. The number of nitrogens with zero attached hydrogens (tertiary/aromatic N) is 2. The Balaban J connectivity index is 1.36. The standard InChI is InChI=1S/C25H22B5N3O5/c26-16-10-13(21(27)22(28)20(16)25(29,30)32-6-8-37-9-7-32)12-38-18-3-1-2-14-15(18)11-33(24(14)36)17-4-5-19(34)31-23(17)35/h1-3,10,17H,4-9,11-12H2,(H,31,34,35). The molecule has 0 aliphatic carbocycles. The summed E-state index contributed by atoms with van der Waals surface area (Å²) < 4.78 is 11.5. The maximum Gasteiger partial charge on any atom is 0.255 e. The largest absolute Gasteiger partial charge is 0.489 e. The van der Waals surface area contributed by atoms with Crippen LogP contribution in [0.25, 0.3) is 0 Å². The zero-order valence-corrected chi connectivity index (χ0v) is 20.9. The molecule has 1 N–H and O–H groups in total. The number of hydrogen-bond acceptors (Lipinski definition) is 6. The summed E-state index contributed by atoms with van der Waals surface area (Å²) in [5.41, 5.74) is 2.67. The lowest BCUT2D eigenvalue weighted by atomic mass is 9.51. The van der Waals surface area contributed by atoms with Gasteiger partial charge in [-0.3, -0.25) is 19.7 Å². The monoisotopic (exact) mass is 499 g/mol. The number of piperidine rings is 1. The highest BCUT2D eigenvalue weighted by molar-refractivity contribution is 6.54. The molecule has 10 radical (unpaired) electrons. The zero-order chi connectivity index (χ0) is 27.2. The molecule has 3 aliphatic rings. The highest BCUT2D eigenvalue weighted by Gasteiger charge is 2.40. The minimum Gasteiger partial charge on any atom is -0.489 e. The summed E-state index contributed by atoms with van der Waals surface area (Å²) in [4.78, 5) is 40.3. The Morgan fingerprint density at radius 1 is 1.08 bits per heavy atom. The molecule has 3 heterocycles. The first-order valence-corrected chi connectivity index (χ1v) is 12.4. The Morgan fingerprint density at radius 3 is 2.53 bits per heavy atom. The second-order valence-corrected chi connectivity index (χ2v) is 9.72. The van der Waals surface area contributed by atoms with Crippen molar-refractivity contribution in [2.24, 2.45) is 0 Å². The van der Waals surface area contributed by atoms with Crippen molar-refractivity contribution in [1.82, 2.24) is 15.1 Å². The first kappa shape index (κ1) is 26.7. The number of morpholine rings is 1. The van der Waals surface area contributed by atoms with Gasteiger partial charge in [-0.15, -0.1) is 5.46 Å². The Hall–Kier alpha value is -2.91. The molecule has 5 rings (SSSR count). The molecule has 2 saturated heterocycles. The van der Waals surface area contributed by atoms with Crippen LogP contribution in [0.3, 0.4) is 0 Å². The van der Waals surface area contributed by atoms with Gasteiger partial charge in [-0.1, -0.05) is 28.6 Å².